The van der Waals surface area contributed by atoms with Crippen molar-refractivity contribution in [3.8, 4) is 11.8 Å². The first-order chi connectivity index (χ1) is 9.96. The molecule has 0 saturated carbocycles. The fourth-order valence-electron chi connectivity index (χ4n) is 1.54. The van der Waals surface area contributed by atoms with Crippen LogP contribution in [0.4, 0.5) is 5.69 Å². The molecule has 0 spiro atoms. The standard InChI is InChI=1S/C13H17NO5S2/c1-3-6-12-7-4-8-13(11-12)14(20-19-18-2)9-5-10-21(15,16)17/h4,7-8,11H,5,9-10H2,1-2H3,(H,15,16,17)/p-1. The van der Waals surface area contributed by atoms with E-state index in [2.05, 4.69) is 16.7 Å². The molecule has 1 aromatic carbocycles. The van der Waals surface area contributed by atoms with Crippen molar-refractivity contribution in [3.63, 3.8) is 0 Å². The Balaban J connectivity index is 2.80. The van der Waals surface area contributed by atoms with Gasteiger partial charge in [-0.25, -0.2) is 13.3 Å². The molecule has 1 rings (SSSR count). The van der Waals surface area contributed by atoms with Gasteiger partial charge in [0.2, 0.25) is 0 Å². The molecule has 6 nitrogen and oxygen atoms in total. The lowest BCUT2D eigenvalue weighted by Crippen LogP contribution is -2.19. The zero-order valence-corrected chi connectivity index (χ0v) is 13.4. The molecule has 0 unspecified atom stereocenters. The minimum absolute atomic E-state index is 0.190. The summed E-state index contributed by atoms with van der Waals surface area (Å²) >= 11 is 0.918. The van der Waals surface area contributed by atoms with E-state index in [1.807, 2.05) is 24.3 Å². The number of benzene rings is 1. The molecular formula is C13H16NO5S2-. The van der Waals surface area contributed by atoms with E-state index in [4.69, 9.17) is 4.33 Å². The Morgan fingerprint density at radius 3 is 2.81 bits per heavy atom. The highest BCUT2D eigenvalue weighted by atomic mass is 32.2. The number of hydrogen-bond donors (Lipinski definition) is 0. The van der Waals surface area contributed by atoms with Gasteiger partial charge in [0.15, 0.2) is 12.2 Å². The van der Waals surface area contributed by atoms with Crippen molar-refractivity contribution in [2.45, 2.75) is 13.3 Å². The van der Waals surface area contributed by atoms with Crippen molar-refractivity contribution in [2.75, 3.05) is 23.7 Å². The van der Waals surface area contributed by atoms with Gasteiger partial charge in [-0.3, -0.25) is 4.31 Å². The smallest absolute Gasteiger partial charge is 0.151 e. The maximum absolute atomic E-state index is 10.6. The maximum Gasteiger partial charge on any atom is 0.151 e. The molecule has 116 valence electrons. The van der Waals surface area contributed by atoms with Crippen LogP contribution in [0.2, 0.25) is 0 Å². The van der Waals surface area contributed by atoms with E-state index in [-0.39, 0.29) is 6.42 Å². The zero-order valence-electron chi connectivity index (χ0n) is 11.7. The molecule has 0 atom stereocenters. The van der Waals surface area contributed by atoms with Gasteiger partial charge in [0, 0.05) is 17.9 Å². The van der Waals surface area contributed by atoms with Crippen molar-refractivity contribution in [2.24, 2.45) is 0 Å². The van der Waals surface area contributed by atoms with Gasteiger partial charge in [-0.1, -0.05) is 12.0 Å². The van der Waals surface area contributed by atoms with Gasteiger partial charge in [-0.05, 0) is 31.5 Å². The minimum atomic E-state index is -4.22. The zero-order chi connectivity index (χ0) is 15.7. The summed E-state index contributed by atoms with van der Waals surface area (Å²) in [5.41, 5.74) is 1.61. The summed E-state index contributed by atoms with van der Waals surface area (Å²) in [4.78, 5) is 4.53. The molecule has 21 heavy (non-hydrogen) atoms. The molecule has 0 heterocycles. The Kier molecular flexibility index (Phi) is 7.56. The number of nitrogens with zero attached hydrogens (tertiary/aromatic N) is 1. The molecule has 0 aliphatic heterocycles. The van der Waals surface area contributed by atoms with Crippen LogP contribution in [0.3, 0.4) is 0 Å². The molecule has 0 aliphatic rings. The van der Waals surface area contributed by atoms with Gasteiger partial charge in [0.1, 0.15) is 0 Å². The van der Waals surface area contributed by atoms with Crippen LogP contribution in [0.15, 0.2) is 24.3 Å². The van der Waals surface area contributed by atoms with Crippen molar-refractivity contribution in [1.29, 1.82) is 0 Å². The molecule has 8 heteroatoms. The third-order valence-corrected chi connectivity index (χ3v) is 3.91. The van der Waals surface area contributed by atoms with Crippen molar-refractivity contribution in [1.82, 2.24) is 0 Å². The summed E-state index contributed by atoms with van der Waals surface area (Å²) in [6.07, 6.45) is 0.190. The van der Waals surface area contributed by atoms with Crippen molar-refractivity contribution >= 4 is 28.0 Å². The Bertz CT molecular complexity index is 606. The molecule has 0 N–H and O–H groups in total. The molecule has 0 radical (unpaired) electrons. The van der Waals surface area contributed by atoms with Crippen LogP contribution in [0.5, 0.6) is 0 Å². The van der Waals surface area contributed by atoms with E-state index >= 15 is 0 Å². The van der Waals surface area contributed by atoms with Crippen LogP contribution in [0, 0.1) is 11.8 Å². The Labute approximate surface area is 129 Å². The van der Waals surface area contributed by atoms with Gasteiger partial charge in [0.05, 0.1) is 22.9 Å². The summed E-state index contributed by atoms with van der Waals surface area (Å²) in [7, 11) is -2.85. The lowest BCUT2D eigenvalue weighted by atomic mass is 10.2. The third kappa shape index (κ3) is 7.36. The van der Waals surface area contributed by atoms with E-state index in [0.29, 0.717) is 6.54 Å². The molecule has 0 saturated heterocycles. The molecule has 1 aromatic rings. The lowest BCUT2D eigenvalue weighted by molar-refractivity contribution is -0.160. The normalized spacial score (nSPS) is 10.8. The first-order valence-corrected chi connectivity index (χ1v) is 8.35. The molecule has 0 aromatic heterocycles. The van der Waals surface area contributed by atoms with Gasteiger partial charge < -0.3 is 4.55 Å². The fraction of sp³-hybridized carbons (Fsp3) is 0.385. The topological polar surface area (TPSA) is 78.9 Å². The average Bonchev–Trinajstić information content (AvgIpc) is 2.42. The van der Waals surface area contributed by atoms with Crippen LogP contribution in [0.25, 0.3) is 0 Å². The Morgan fingerprint density at radius 1 is 1.43 bits per heavy atom. The quantitative estimate of drug-likeness (QED) is 0.180. The van der Waals surface area contributed by atoms with E-state index in [1.54, 1.807) is 11.2 Å². The highest BCUT2D eigenvalue weighted by Gasteiger charge is 2.10. The molecule has 0 fully saturated rings. The number of rotatable bonds is 8. The largest absolute Gasteiger partial charge is 0.748 e. The van der Waals surface area contributed by atoms with Crippen LogP contribution >= 0.6 is 12.2 Å². The maximum atomic E-state index is 10.6. The second-order valence-electron chi connectivity index (χ2n) is 3.95. The van der Waals surface area contributed by atoms with Gasteiger partial charge in [-0.2, -0.15) is 0 Å². The van der Waals surface area contributed by atoms with E-state index in [0.717, 1.165) is 23.5 Å². The summed E-state index contributed by atoms with van der Waals surface area (Å²) in [6.45, 7) is 2.06. The summed E-state index contributed by atoms with van der Waals surface area (Å²) in [5, 5.41) is 0. The van der Waals surface area contributed by atoms with Crippen molar-refractivity contribution < 1.29 is 22.2 Å². The Hall–Kier alpha value is -1.24. The van der Waals surface area contributed by atoms with Crippen LogP contribution in [0.1, 0.15) is 18.9 Å². The lowest BCUT2D eigenvalue weighted by Gasteiger charge is -2.21. The highest BCUT2D eigenvalue weighted by Crippen LogP contribution is 2.24. The van der Waals surface area contributed by atoms with Gasteiger partial charge in [-0.15, -0.1) is 10.3 Å². The summed E-state index contributed by atoms with van der Waals surface area (Å²) in [5.74, 6) is 5.31. The van der Waals surface area contributed by atoms with Gasteiger partial charge >= 0.3 is 0 Å². The first kappa shape index (κ1) is 17.8. The Morgan fingerprint density at radius 2 is 2.19 bits per heavy atom. The average molecular weight is 330 g/mol. The summed E-state index contributed by atoms with van der Waals surface area (Å²) < 4.78 is 38.4. The molecule has 0 amide bonds. The fourth-order valence-corrected chi connectivity index (χ4v) is 2.56. The third-order valence-electron chi connectivity index (χ3n) is 2.35. The highest BCUT2D eigenvalue weighted by molar-refractivity contribution is 7.96. The van der Waals surface area contributed by atoms with Crippen LogP contribution in [-0.4, -0.2) is 32.4 Å². The monoisotopic (exact) mass is 330 g/mol. The second kappa shape index (κ2) is 8.92. The summed E-state index contributed by atoms with van der Waals surface area (Å²) in [6, 6.07) is 7.37. The molecular weight excluding hydrogens is 314 g/mol. The van der Waals surface area contributed by atoms with Crippen molar-refractivity contribution in [3.05, 3.63) is 29.8 Å². The van der Waals surface area contributed by atoms with Crippen LogP contribution in [-0.2, 0) is 19.3 Å². The number of hydrogen-bond acceptors (Lipinski definition) is 7. The first-order valence-electron chi connectivity index (χ1n) is 6.07. The predicted octanol–water partition coefficient (Wildman–Crippen LogP) is 1.94. The van der Waals surface area contributed by atoms with E-state index < -0.39 is 15.9 Å². The SMILES string of the molecule is CC#Cc1cccc(N(CCCS(=O)(=O)[O-])SOOC)c1. The molecule has 0 aliphatic carbocycles. The minimum Gasteiger partial charge on any atom is -0.748 e. The van der Waals surface area contributed by atoms with E-state index in [1.165, 1.54) is 7.11 Å². The van der Waals surface area contributed by atoms with Crippen LogP contribution < -0.4 is 4.31 Å². The second-order valence-corrected chi connectivity index (χ2v) is 6.20. The van der Waals surface area contributed by atoms with E-state index in [9.17, 15) is 13.0 Å². The van der Waals surface area contributed by atoms with Gasteiger partial charge in [0.25, 0.3) is 0 Å². The molecule has 0 bridgehead atoms. The number of anilines is 1. The predicted molar refractivity (Wildman–Crippen MR) is 81.2 cm³/mol.